The number of hydrogen-bond donors (Lipinski definition) is 4. The van der Waals surface area contributed by atoms with Crippen LogP contribution in [0.25, 0.3) is 0 Å². The summed E-state index contributed by atoms with van der Waals surface area (Å²) in [6, 6.07) is 12.0. The lowest BCUT2D eigenvalue weighted by Gasteiger charge is -2.17. The summed E-state index contributed by atoms with van der Waals surface area (Å²) in [6.45, 7) is 3.56. The van der Waals surface area contributed by atoms with Crippen molar-refractivity contribution >= 4 is 18.0 Å². The lowest BCUT2D eigenvalue weighted by molar-refractivity contribution is -0.139. The highest BCUT2D eigenvalue weighted by Crippen LogP contribution is 2.24. The predicted octanol–water partition coefficient (Wildman–Crippen LogP) is 2.45. The van der Waals surface area contributed by atoms with E-state index in [9.17, 15) is 24.6 Å². The van der Waals surface area contributed by atoms with Crippen molar-refractivity contribution in [3.63, 3.8) is 0 Å². The number of carboxylic acids is 1. The third-order valence-corrected chi connectivity index (χ3v) is 4.01. The smallest absolute Gasteiger partial charge is 0.408 e. The van der Waals surface area contributed by atoms with Gasteiger partial charge in [0.15, 0.2) is 0 Å². The van der Waals surface area contributed by atoms with Gasteiger partial charge in [-0.05, 0) is 31.0 Å². The number of ether oxygens (including phenoxy) is 1. The first-order chi connectivity index (χ1) is 13.8. The number of rotatable bonds is 8. The first kappa shape index (κ1) is 21.7. The first-order valence-electron chi connectivity index (χ1n) is 9.09. The number of nitrogens with one attached hydrogen (secondary N) is 2. The third kappa shape index (κ3) is 6.53. The quantitative estimate of drug-likeness (QED) is 0.539. The molecule has 0 aliphatic rings. The topological polar surface area (TPSA) is 125 Å². The molecule has 29 heavy (non-hydrogen) atoms. The molecule has 0 radical (unpaired) electrons. The zero-order chi connectivity index (χ0) is 21.4. The number of carboxylic acid groups (broad SMARTS) is 1. The van der Waals surface area contributed by atoms with Crippen LogP contribution < -0.4 is 10.6 Å². The number of hydrogen-bond acceptors (Lipinski definition) is 5. The monoisotopic (exact) mass is 400 g/mol. The van der Waals surface area contributed by atoms with Gasteiger partial charge in [-0.25, -0.2) is 9.59 Å². The maximum atomic E-state index is 12.2. The zero-order valence-electron chi connectivity index (χ0n) is 16.2. The fraction of sp³-hybridized carbons (Fsp3) is 0.286. The van der Waals surface area contributed by atoms with E-state index in [2.05, 4.69) is 10.6 Å². The number of alkyl carbamates (subject to hydrolysis) is 1. The van der Waals surface area contributed by atoms with Gasteiger partial charge >= 0.3 is 12.1 Å². The van der Waals surface area contributed by atoms with E-state index < -0.39 is 24.0 Å². The molecular weight excluding hydrogens is 376 g/mol. The van der Waals surface area contributed by atoms with E-state index in [1.54, 1.807) is 38.1 Å². The number of aliphatic carboxylic acids is 1. The van der Waals surface area contributed by atoms with E-state index in [0.717, 1.165) is 5.56 Å². The van der Waals surface area contributed by atoms with Gasteiger partial charge < -0.3 is 25.6 Å². The standard InChI is InChI=1S/C21H24N2O6/c1-13(2)22-19(25)16-10-6-9-15(18(16)24)11-17(20(26)27)23-21(28)29-12-14-7-4-3-5-8-14/h3-10,13,17,24H,11-12H2,1-2H3,(H,22,25)(H,23,28)(H,26,27). The highest BCUT2D eigenvalue weighted by atomic mass is 16.5. The Hall–Kier alpha value is -3.55. The Balaban J connectivity index is 2.05. The molecular formula is C21H24N2O6. The molecule has 0 fully saturated rings. The molecule has 1 atom stereocenters. The first-order valence-corrected chi connectivity index (χ1v) is 9.09. The zero-order valence-corrected chi connectivity index (χ0v) is 16.2. The fourth-order valence-corrected chi connectivity index (χ4v) is 2.61. The minimum absolute atomic E-state index is 0.00484. The second kappa shape index (κ2) is 10.1. The van der Waals surface area contributed by atoms with Crippen molar-refractivity contribution < 1.29 is 29.3 Å². The van der Waals surface area contributed by atoms with Crippen LogP contribution in [0.4, 0.5) is 4.79 Å². The van der Waals surface area contributed by atoms with Crippen LogP contribution in [0.5, 0.6) is 5.75 Å². The minimum atomic E-state index is -1.34. The van der Waals surface area contributed by atoms with Gasteiger partial charge in [0.1, 0.15) is 18.4 Å². The summed E-state index contributed by atoms with van der Waals surface area (Å²) in [6.07, 6.45) is -1.11. The molecule has 0 aromatic heterocycles. The summed E-state index contributed by atoms with van der Waals surface area (Å²) in [5.74, 6) is -2.09. The van der Waals surface area contributed by atoms with Gasteiger partial charge in [0, 0.05) is 12.5 Å². The van der Waals surface area contributed by atoms with E-state index in [4.69, 9.17) is 4.74 Å². The number of phenols is 1. The van der Waals surface area contributed by atoms with Crippen molar-refractivity contribution in [2.45, 2.75) is 39.0 Å². The molecule has 0 saturated carbocycles. The van der Waals surface area contributed by atoms with Gasteiger partial charge in [-0.2, -0.15) is 0 Å². The number of para-hydroxylation sites is 1. The van der Waals surface area contributed by atoms with Crippen molar-refractivity contribution in [1.29, 1.82) is 0 Å². The predicted molar refractivity (Wildman–Crippen MR) is 106 cm³/mol. The Morgan fingerprint density at radius 2 is 1.69 bits per heavy atom. The highest BCUT2D eigenvalue weighted by Gasteiger charge is 2.24. The maximum absolute atomic E-state index is 12.2. The molecule has 0 spiro atoms. The summed E-state index contributed by atoms with van der Waals surface area (Å²) >= 11 is 0. The number of benzene rings is 2. The van der Waals surface area contributed by atoms with Crippen LogP contribution in [0, 0.1) is 0 Å². The Kier molecular flexibility index (Phi) is 7.59. The van der Waals surface area contributed by atoms with Crippen LogP contribution in [0.1, 0.15) is 35.3 Å². The number of aromatic hydroxyl groups is 1. The summed E-state index contributed by atoms with van der Waals surface area (Å²) in [5.41, 5.74) is 1.01. The largest absolute Gasteiger partial charge is 0.507 e. The lowest BCUT2D eigenvalue weighted by atomic mass is 10.0. The van der Waals surface area contributed by atoms with E-state index in [1.165, 1.54) is 18.2 Å². The molecule has 1 unspecified atom stereocenters. The van der Waals surface area contributed by atoms with Crippen molar-refractivity contribution in [3.05, 3.63) is 65.2 Å². The molecule has 2 amide bonds. The van der Waals surface area contributed by atoms with Gasteiger partial charge in [-0.1, -0.05) is 42.5 Å². The molecule has 0 aliphatic carbocycles. The number of phenolic OH excluding ortho intramolecular Hbond substituents is 1. The second-order valence-corrected chi connectivity index (χ2v) is 6.74. The van der Waals surface area contributed by atoms with Crippen LogP contribution in [0.15, 0.2) is 48.5 Å². The van der Waals surface area contributed by atoms with Gasteiger partial charge in [0.05, 0.1) is 5.56 Å². The van der Waals surface area contributed by atoms with Crippen LogP contribution in [0.3, 0.4) is 0 Å². The van der Waals surface area contributed by atoms with Crippen molar-refractivity contribution in [2.24, 2.45) is 0 Å². The molecule has 0 aliphatic heterocycles. The molecule has 2 aromatic rings. The second-order valence-electron chi connectivity index (χ2n) is 6.74. The van der Waals surface area contributed by atoms with Gasteiger partial charge in [-0.15, -0.1) is 0 Å². The van der Waals surface area contributed by atoms with Crippen LogP contribution in [-0.2, 0) is 22.6 Å². The van der Waals surface area contributed by atoms with Crippen LogP contribution in [0.2, 0.25) is 0 Å². The van der Waals surface area contributed by atoms with Crippen molar-refractivity contribution in [1.82, 2.24) is 10.6 Å². The van der Waals surface area contributed by atoms with E-state index in [0.29, 0.717) is 0 Å². The van der Waals surface area contributed by atoms with Gasteiger partial charge in [0.25, 0.3) is 5.91 Å². The number of carbonyl (C=O) groups is 3. The SMILES string of the molecule is CC(C)NC(=O)c1cccc(CC(NC(=O)OCc2ccccc2)C(=O)O)c1O. The van der Waals surface area contributed by atoms with Gasteiger partial charge in [0.2, 0.25) is 0 Å². The van der Waals surface area contributed by atoms with Crippen molar-refractivity contribution in [2.75, 3.05) is 0 Å². The lowest BCUT2D eigenvalue weighted by Crippen LogP contribution is -2.42. The van der Waals surface area contributed by atoms with E-state index in [1.807, 2.05) is 6.07 Å². The normalized spacial score (nSPS) is 11.6. The summed E-state index contributed by atoms with van der Waals surface area (Å²) in [5, 5.41) is 24.8. The fourth-order valence-electron chi connectivity index (χ4n) is 2.61. The molecule has 0 bridgehead atoms. The minimum Gasteiger partial charge on any atom is -0.507 e. The molecule has 8 nitrogen and oxygen atoms in total. The Morgan fingerprint density at radius 3 is 2.31 bits per heavy atom. The summed E-state index contributed by atoms with van der Waals surface area (Å²) in [7, 11) is 0. The Labute approximate surface area is 168 Å². The number of carbonyl (C=O) groups excluding carboxylic acids is 2. The van der Waals surface area contributed by atoms with Crippen LogP contribution >= 0.6 is 0 Å². The maximum Gasteiger partial charge on any atom is 0.408 e. The average molecular weight is 400 g/mol. The molecule has 0 heterocycles. The van der Waals surface area contributed by atoms with Crippen molar-refractivity contribution in [3.8, 4) is 5.75 Å². The number of amides is 2. The third-order valence-electron chi connectivity index (χ3n) is 4.01. The Morgan fingerprint density at radius 1 is 1.00 bits per heavy atom. The molecule has 2 rings (SSSR count). The molecule has 4 N–H and O–H groups in total. The summed E-state index contributed by atoms with van der Waals surface area (Å²) < 4.78 is 5.04. The molecule has 154 valence electrons. The van der Waals surface area contributed by atoms with E-state index >= 15 is 0 Å². The highest BCUT2D eigenvalue weighted by molar-refractivity contribution is 5.97. The van der Waals surface area contributed by atoms with Crippen LogP contribution in [-0.4, -0.2) is 40.3 Å². The summed E-state index contributed by atoms with van der Waals surface area (Å²) in [4.78, 5) is 35.7. The average Bonchev–Trinajstić information content (AvgIpc) is 2.67. The van der Waals surface area contributed by atoms with Gasteiger partial charge in [-0.3, -0.25) is 4.79 Å². The molecule has 8 heteroatoms. The van der Waals surface area contributed by atoms with E-state index in [-0.39, 0.29) is 35.9 Å². The molecule has 2 aromatic carbocycles. The Bertz CT molecular complexity index is 867. The molecule has 0 saturated heterocycles.